The molecule has 0 bridgehead atoms. The van der Waals surface area contributed by atoms with Crippen LogP contribution >= 0.6 is 0 Å². The van der Waals surface area contributed by atoms with Gasteiger partial charge in [-0.25, -0.2) is 4.79 Å². The molecule has 1 heterocycles. The molecule has 0 fully saturated rings. The minimum Gasteiger partial charge on any atom is -0.329 e. The Kier molecular flexibility index (Phi) is 2.88. The fourth-order valence-corrected chi connectivity index (χ4v) is 1.25. The first-order valence-corrected chi connectivity index (χ1v) is 4.53. The van der Waals surface area contributed by atoms with Gasteiger partial charge in [0.15, 0.2) is 5.54 Å². The van der Waals surface area contributed by atoms with Gasteiger partial charge < -0.3 is 10.2 Å². The highest BCUT2D eigenvalue weighted by molar-refractivity contribution is 6.36. The standard InChI is InChI=1S/C9H12N2O4/c1-4-6-9(3,8(14)15-11-6)10-7(13)5(2)12/h4H2,1-3H3,(H,10,13). The molecule has 1 aliphatic heterocycles. The van der Waals surface area contributed by atoms with E-state index >= 15 is 0 Å². The summed E-state index contributed by atoms with van der Waals surface area (Å²) in [4.78, 5) is 37.8. The van der Waals surface area contributed by atoms with E-state index in [0.717, 1.165) is 6.92 Å². The molecule has 0 saturated carbocycles. The molecule has 0 aromatic rings. The van der Waals surface area contributed by atoms with Crippen molar-refractivity contribution in [3.05, 3.63) is 0 Å². The summed E-state index contributed by atoms with van der Waals surface area (Å²) in [6.07, 6.45) is 0.459. The van der Waals surface area contributed by atoms with Gasteiger partial charge in [-0.2, -0.15) is 0 Å². The fraction of sp³-hybridized carbons (Fsp3) is 0.556. The quantitative estimate of drug-likeness (QED) is 0.517. The van der Waals surface area contributed by atoms with Crippen LogP contribution in [0.3, 0.4) is 0 Å². The first-order valence-electron chi connectivity index (χ1n) is 4.53. The molecule has 0 saturated heterocycles. The lowest BCUT2D eigenvalue weighted by Gasteiger charge is -2.21. The van der Waals surface area contributed by atoms with E-state index in [0.29, 0.717) is 12.1 Å². The van der Waals surface area contributed by atoms with Crippen LogP contribution in [0.1, 0.15) is 27.2 Å². The van der Waals surface area contributed by atoms with Crippen molar-refractivity contribution in [1.29, 1.82) is 0 Å². The number of ketones is 1. The molecule has 1 rings (SSSR count). The Bertz CT molecular complexity index is 361. The van der Waals surface area contributed by atoms with Crippen molar-refractivity contribution < 1.29 is 19.2 Å². The highest BCUT2D eigenvalue weighted by Gasteiger charge is 2.46. The smallest absolute Gasteiger partial charge is 0.329 e. The Balaban J connectivity index is 2.90. The molecule has 6 heteroatoms. The van der Waals surface area contributed by atoms with Crippen LogP contribution < -0.4 is 5.32 Å². The zero-order chi connectivity index (χ0) is 11.6. The summed E-state index contributed by atoms with van der Waals surface area (Å²) < 4.78 is 0. The maximum atomic E-state index is 11.4. The summed E-state index contributed by atoms with van der Waals surface area (Å²) in [6.45, 7) is 4.37. The SMILES string of the molecule is CCC1=NOC(=O)C1(C)NC(=O)C(C)=O. The topological polar surface area (TPSA) is 84.8 Å². The molecule has 6 nitrogen and oxygen atoms in total. The van der Waals surface area contributed by atoms with Gasteiger partial charge in [0.25, 0.3) is 5.91 Å². The molecule has 82 valence electrons. The summed E-state index contributed by atoms with van der Waals surface area (Å²) in [7, 11) is 0. The van der Waals surface area contributed by atoms with Crippen molar-refractivity contribution >= 4 is 23.4 Å². The molecule has 0 aliphatic carbocycles. The second-order valence-corrected chi connectivity index (χ2v) is 3.41. The molecular formula is C9H12N2O4. The van der Waals surface area contributed by atoms with Gasteiger partial charge in [-0.15, -0.1) is 0 Å². The first kappa shape index (κ1) is 11.4. The van der Waals surface area contributed by atoms with Crippen molar-refractivity contribution in [1.82, 2.24) is 5.32 Å². The molecule has 0 aromatic heterocycles. The molecule has 0 radical (unpaired) electrons. The fourth-order valence-electron chi connectivity index (χ4n) is 1.25. The van der Waals surface area contributed by atoms with E-state index in [1.807, 2.05) is 0 Å². The number of carbonyl (C=O) groups excluding carboxylic acids is 3. The summed E-state index contributed by atoms with van der Waals surface area (Å²) in [5.41, 5.74) is -0.903. The number of amides is 1. The third-order valence-electron chi connectivity index (χ3n) is 2.24. The van der Waals surface area contributed by atoms with Crippen LogP contribution in [0.25, 0.3) is 0 Å². The normalized spacial score (nSPS) is 24.5. The molecule has 1 amide bonds. The van der Waals surface area contributed by atoms with Crippen LogP contribution in [-0.4, -0.2) is 28.9 Å². The predicted molar refractivity (Wildman–Crippen MR) is 51.0 cm³/mol. The molecule has 0 spiro atoms. The van der Waals surface area contributed by atoms with Crippen LogP contribution in [0.5, 0.6) is 0 Å². The van der Waals surface area contributed by atoms with Gasteiger partial charge in [-0.3, -0.25) is 9.59 Å². The molecule has 1 aliphatic rings. The Labute approximate surface area is 86.7 Å². The average molecular weight is 212 g/mol. The van der Waals surface area contributed by atoms with Crippen molar-refractivity contribution in [3.8, 4) is 0 Å². The minimum absolute atomic E-state index is 0.405. The van der Waals surface area contributed by atoms with Gasteiger partial charge >= 0.3 is 5.97 Å². The van der Waals surface area contributed by atoms with E-state index in [-0.39, 0.29) is 0 Å². The van der Waals surface area contributed by atoms with E-state index in [1.165, 1.54) is 6.92 Å². The lowest BCUT2D eigenvalue weighted by atomic mass is 9.94. The van der Waals surface area contributed by atoms with E-state index in [2.05, 4.69) is 15.3 Å². The van der Waals surface area contributed by atoms with Crippen LogP contribution in [0, 0.1) is 0 Å². The van der Waals surface area contributed by atoms with Crippen LogP contribution in [0.15, 0.2) is 5.16 Å². The zero-order valence-electron chi connectivity index (χ0n) is 8.79. The van der Waals surface area contributed by atoms with E-state index in [1.54, 1.807) is 6.92 Å². The Morgan fingerprint density at radius 2 is 2.13 bits per heavy atom. The number of hydrogen-bond acceptors (Lipinski definition) is 5. The monoisotopic (exact) mass is 212 g/mol. The molecule has 1 N–H and O–H groups in total. The summed E-state index contributed by atoms with van der Waals surface area (Å²) in [5.74, 6) is -2.15. The minimum atomic E-state index is -1.31. The molecular weight excluding hydrogens is 200 g/mol. The second kappa shape index (κ2) is 3.80. The molecule has 0 aromatic carbocycles. The highest BCUT2D eigenvalue weighted by Crippen LogP contribution is 2.19. The number of oxime groups is 1. The van der Waals surface area contributed by atoms with Crippen LogP contribution in [0.4, 0.5) is 0 Å². The predicted octanol–water partition coefficient (Wildman–Crippen LogP) is -0.227. The van der Waals surface area contributed by atoms with Gasteiger partial charge in [-0.05, 0) is 13.3 Å². The largest absolute Gasteiger partial charge is 0.365 e. The lowest BCUT2D eigenvalue weighted by Crippen LogP contribution is -2.56. The van der Waals surface area contributed by atoms with Crippen molar-refractivity contribution in [2.24, 2.45) is 5.16 Å². The number of carbonyl (C=O) groups is 3. The maximum Gasteiger partial charge on any atom is 0.365 e. The van der Waals surface area contributed by atoms with Gasteiger partial charge in [0, 0.05) is 6.92 Å². The Morgan fingerprint density at radius 1 is 1.53 bits per heavy atom. The van der Waals surface area contributed by atoms with E-state index < -0.39 is 23.2 Å². The molecule has 15 heavy (non-hydrogen) atoms. The van der Waals surface area contributed by atoms with Crippen molar-refractivity contribution in [3.63, 3.8) is 0 Å². The van der Waals surface area contributed by atoms with Crippen molar-refractivity contribution in [2.75, 3.05) is 0 Å². The number of nitrogens with zero attached hydrogens (tertiary/aromatic N) is 1. The number of rotatable bonds is 3. The Hall–Kier alpha value is -1.72. The molecule has 1 atom stereocenters. The van der Waals surface area contributed by atoms with Gasteiger partial charge in [0.2, 0.25) is 5.78 Å². The molecule has 1 unspecified atom stereocenters. The van der Waals surface area contributed by atoms with Gasteiger partial charge in [0.1, 0.15) is 0 Å². The lowest BCUT2D eigenvalue weighted by molar-refractivity contribution is -0.147. The second-order valence-electron chi connectivity index (χ2n) is 3.41. The zero-order valence-corrected chi connectivity index (χ0v) is 8.79. The summed E-state index contributed by atoms with van der Waals surface area (Å²) >= 11 is 0. The first-order chi connectivity index (χ1) is 6.91. The number of hydrogen-bond donors (Lipinski definition) is 1. The van der Waals surface area contributed by atoms with E-state index in [4.69, 9.17) is 0 Å². The van der Waals surface area contributed by atoms with Gasteiger partial charge in [-0.1, -0.05) is 12.1 Å². The van der Waals surface area contributed by atoms with Gasteiger partial charge in [0.05, 0.1) is 5.71 Å². The average Bonchev–Trinajstić information content (AvgIpc) is 2.43. The summed E-state index contributed by atoms with van der Waals surface area (Å²) in [6, 6.07) is 0. The Morgan fingerprint density at radius 3 is 2.60 bits per heavy atom. The van der Waals surface area contributed by atoms with Crippen LogP contribution in [-0.2, 0) is 19.2 Å². The number of Topliss-reactive ketones (excluding diaryl/α,β-unsaturated/α-hetero) is 1. The maximum absolute atomic E-state index is 11.4. The third-order valence-corrected chi connectivity index (χ3v) is 2.24. The third kappa shape index (κ3) is 1.88. The summed E-state index contributed by atoms with van der Waals surface area (Å²) in [5, 5.41) is 5.85. The van der Waals surface area contributed by atoms with Crippen molar-refractivity contribution in [2.45, 2.75) is 32.7 Å². The van der Waals surface area contributed by atoms with Crippen LogP contribution in [0.2, 0.25) is 0 Å². The van der Waals surface area contributed by atoms with E-state index in [9.17, 15) is 14.4 Å². The number of nitrogens with one attached hydrogen (secondary N) is 1. The highest BCUT2D eigenvalue weighted by atomic mass is 16.7.